The van der Waals surface area contributed by atoms with E-state index in [1.165, 1.54) is 11.1 Å². The summed E-state index contributed by atoms with van der Waals surface area (Å²) in [5.74, 6) is 0.349. The molecule has 1 unspecified atom stereocenters. The van der Waals surface area contributed by atoms with E-state index < -0.39 is 0 Å². The molecule has 2 nitrogen and oxygen atoms in total. The molecule has 0 bridgehead atoms. The van der Waals surface area contributed by atoms with Crippen LogP contribution in [-0.4, -0.2) is 24.8 Å². The molecule has 0 radical (unpaired) electrons. The molecule has 1 aromatic carbocycles. The van der Waals surface area contributed by atoms with Crippen molar-refractivity contribution >= 4 is 0 Å². The Labute approximate surface area is 92.3 Å². The Kier molecular flexibility index (Phi) is 5.37. The van der Waals surface area contributed by atoms with Gasteiger partial charge in [0.25, 0.3) is 0 Å². The van der Waals surface area contributed by atoms with Gasteiger partial charge in [-0.05, 0) is 43.5 Å². The molecule has 1 rings (SSSR count). The van der Waals surface area contributed by atoms with Gasteiger partial charge in [0.15, 0.2) is 0 Å². The first-order valence-corrected chi connectivity index (χ1v) is 5.60. The molecule has 0 aliphatic rings. The topological polar surface area (TPSA) is 32.3 Å². The maximum Gasteiger partial charge on any atom is 0.0468 e. The monoisotopic (exact) mass is 207 g/mol. The molecule has 0 aliphatic carbocycles. The zero-order chi connectivity index (χ0) is 11.1. The molecule has 15 heavy (non-hydrogen) atoms. The largest absolute Gasteiger partial charge is 0.396 e. The molecule has 84 valence electrons. The van der Waals surface area contributed by atoms with E-state index >= 15 is 0 Å². The van der Waals surface area contributed by atoms with Crippen LogP contribution in [0.4, 0.5) is 0 Å². The van der Waals surface area contributed by atoms with Gasteiger partial charge in [-0.15, -0.1) is 0 Å². The van der Waals surface area contributed by atoms with E-state index in [9.17, 15) is 0 Å². The van der Waals surface area contributed by atoms with Gasteiger partial charge in [-0.1, -0.05) is 31.2 Å². The first-order chi connectivity index (χ1) is 7.24. The van der Waals surface area contributed by atoms with Gasteiger partial charge in [0.05, 0.1) is 0 Å². The predicted molar refractivity (Wildman–Crippen MR) is 64.0 cm³/mol. The average molecular weight is 207 g/mol. The lowest BCUT2D eigenvalue weighted by molar-refractivity contribution is 0.234. The molecule has 0 saturated carbocycles. The number of benzene rings is 1. The third kappa shape index (κ3) is 4.45. The van der Waals surface area contributed by atoms with E-state index in [2.05, 4.69) is 36.5 Å². The summed E-state index contributed by atoms with van der Waals surface area (Å²) in [6.07, 6.45) is 1.06. The van der Waals surface area contributed by atoms with Crippen molar-refractivity contribution < 1.29 is 5.11 Å². The molecular formula is C13H21NO. The van der Waals surface area contributed by atoms with Crippen LogP contribution in [0.2, 0.25) is 0 Å². The van der Waals surface area contributed by atoms with Crippen LogP contribution >= 0.6 is 0 Å². The highest BCUT2D eigenvalue weighted by atomic mass is 16.3. The van der Waals surface area contributed by atoms with Crippen LogP contribution in [0.15, 0.2) is 24.3 Å². The van der Waals surface area contributed by atoms with Crippen LogP contribution in [0.25, 0.3) is 0 Å². The normalized spacial score (nSPS) is 12.7. The standard InChI is InChI=1S/C13H21NO/c1-11(10-15)9-14-8-7-13-6-4-3-5-12(13)2/h3-6,11,14-15H,7-10H2,1-2H3. The Morgan fingerprint density at radius 2 is 2.07 bits per heavy atom. The molecule has 0 spiro atoms. The van der Waals surface area contributed by atoms with E-state index in [0.717, 1.165) is 19.5 Å². The lowest BCUT2D eigenvalue weighted by Crippen LogP contribution is -2.25. The first-order valence-electron chi connectivity index (χ1n) is 5.60. The van der Waals surface area contributed by atoms with Gasteiger partial charge in [-0.2, -0.15) is 0 Å². The average Bonchev–Trinajstić information content (AvgIpc) is 2.26. The Bertz CT molecular complexity index is 286. The number of aliphatic hydroxyl groups excluding tert-OH is 1. The van der Waals surface area contributed by atoms with E-state index in [1.807, 2.05) is 6.92 Å². The summed E-state index contributed by atoms with van der Waals surface area (Å²) in [7, 11) is 0. The summed E-state index contributed by atoms with van der Waals surface area (Å²) in [6, 6.07) is 8.47. The number of hydrogen-bond donors (Lipinski definition) is 2. The first kappa shape index (κ1) is 12.2. The van der Waals surface area contributed by atoms with Crippen LogP contribution in [0.5, 0.6) is 0 Å². The molecule has 0 aliphatic heterocycles. The fourth-order valence-corrected chi connectivity index (χ4v) is 1.53. The lowest BCUT2D eigenvalue weighted by atomic mass is 10.1. The summed E-state index contributed by atoms with van der Waals surface area (Å²) >= 11 is 0. The maximum absolute atomic E-state index is 8.86. The highest BCUT2D eigenvalue weighted by Crippen LogP contribution is 2.06. The maximum atomic E-state index is 8.86. The Morgan fingerprint density at radius 3 is 2.73 bits per heavy atom. The minimum atomic E-state index is 0.261. The highest BCUT2D eigenvalue weighted by molar-refractivity contribution is 5.25. The predicted octanol–water partition coefficient (Wildman–Crippen LogP) is 1.76. The zero-order valence-corrected chi connectivity index (χ0v) is 9.66. The second-order valence-electron chi connectivity index (χ2n) is 4.17. The molecule has 1 aromatic rings. The Balaban J connectivity index is 2.23. The van der Waals surface area contributed by atoms with Gasteiger partial charge < -0.3 is 10.4 Å². The molecule has 2 N–H and O–H groups in total. The van der Waals surface area contributed by atoms with Crippen LogP contribution < -0.4 is 5.32 Å². The van der Waals surface area contributed by atoms with Gasteiger partial charge in [0.1, 0.15) is 0 Å². The van der Waals surface area contributed by atoms with Crippen molar-refractivity contribution in [3.8, 4) is 0 Å². The number of hydrogen-bond acceptors (Lipinski definition) is 2. The summed E-state index contributed by atoms with van der Waals surface area (Å²) in [5.41, 5.74) is 2.76. The Hall–Kier alpha value is -0.860. The van der Waals surface area contributed by atoms with Crippen LogP contribution in [0.3, 0.4) is 0 Å². The summed E-state index contributed by atoms with van der Waals surface area (Å²) in [6.45, 7) is 6.32. The van der Waals surface area contributed by atoms with Gasteiger partial charge in [-0.3, -0.25) is 0 Å². The second-order valence-corrected chi connectivity index (χ2v) is 4.17. The molecule has 0 aromatic heterocycles. The van der Waals surface area contributed by atoms with E-state index in [0.29, 0.717) is 5.92 Å². The van der Waals surface area contributed by atoms with Crippen molar-refractivity contribution in [1.29, 1.82) is 0 Å². The van der Waals surface area contributed by atoms with Gasteiger partial charge in [0, 0.05) is 6.61 Å². The quantitative estimate of drug-likeness (QED) is 0.697. The van der Waals surface area contributed by atoms with Gasteiger partial charge >= 0.3 is 0 Å². The number of rotatable bonds is 6. The summed E-state index contributed by atoms with van der Waals surface area (Å²) < 4.78 is 0. The van der Waals surface area contributed by atoms with E-state index in [-0.39, 0.29) is 6.61 Å². The van der Waals surface area contributed by atoms with E-state index in [4.69, 9.17) is 5.11 Å². The minimum absolute atomic E-state index is 0.261. The lowest BCUT2D eigenvalue weighted by Gasteiger charge is -2.10. The number of nitrogens with one attached hydrogen (secondary N) is 1. The van der Waals surface area contributed by atoms with Crippen LogP contribution in [-0.2, 0) is 6.42 Å². The third-order valence-electron chi connectivity index (χ3n) is 2.64. The van der Waals surface area contributed by atoms with Crippen molar-refractivity contribution in [1.82, 2.24) is 5.32 Å². The van der Waals surface area contributed by atoms with Crippen molar-refractivity contribution in [2.75, 3.05) is 19.7 Å². The fourth-order valence-electron chi connectivity index (χ4n) is 1.53. The molecule has 0 saturated heterocycles. The van der Waals surface area contributed by atoms with Crippen molar-refractivity contribution in [2.45, 2.75) is 20.3 Å². The molecule has 0 amide bonds. The summed E-state index contributed by atoms with van der Waals surface area (Å²) in [4.78, 5) is 0. The Morgan fingerprint density at radius 1 is 1.33 bits per heavy atom. The van der Waals surface area contributed by atoms with Crippen LogP contribution in [0.1, 0.15) is 18.1 Å². The minimum Gasteiger partial charge on any atom is -0.396 e. The van der Waals surface area contributed by atoms with Gasteiger partial charge in [0.2, 0.25) is 0 Å². The van der Waals surface area contributed by atoms with Crippen molar-refractivity contribution in [2.24, 2.45) is 5.92 Å². The summed E-state index contributed by atoms with van der Waals surface area (Å²) in [5, 5.41) is 12.2. The van der Waals surface area contributed by atoms with Crippen LogP contribution in [0, 0.1) is 12.8 Å². The third-order valence-corrected chi connectivity index (χ3v) is 2.64. The van der Waals surface area contributed by atoms with Crippen molar-refractivity contribution in [3.05, 3.63) is 35.4 Å². The number of aryl methyl sites for hydroxylation is 1. The molecule has 2 heteroatoms. The smallest absolute Gasteiger partial charge is 0.0468 e. The highest BCUT2D eigenvalue weighted by Gasteiger charge is 1.99. The zero-order valence-electron chi connectivity index (χ0n) is 9.66. The van der Waals surface area contributed by atoms with E-state index in [1.54, 1.807) is 0 Å². The molecule has 0 fully saturated rings. The molecular weight excluding hydrogens is 186 g/mol. The SMILES string of the molecule is Cc1ccccc1CCNCC(C)CO. The molecule has 0 heterocycles. The second kappa shape index (κ2) is 6.59. The molecule has 1 atom stereocenters. The number of aliphatic hydroxyl groups is 1. The van der Waals surface area contributed by atoms with Gasteiger partial charge in [-0.25, -0.2) is 0 Å². The van der Waals surface area contributed by atoms with Crippen molar-refractivity contribution in [3.63, 3.8) is 0 Å². The fraction of sp³-hybridized carbons (Fsp3) is 0.538.